The molecule has 1 aromatic heterocycles. The van der Waals surface area contributed by atoms with E-state index in [4.69, 9.17) is 4.74 Å². The molecule has 1 fully saturated rings. The Bertz CT molecular complexity index is 455. The maximum atomic E-state index is 12.3. The lowest BCUT2D eigenvalue weighted by Crippen LogP contribution is -2.41. The number of aromatic amines is 1. The van der Waals surface area contributed by atoms with E-state index in [0.29, 0.717) is 25.1 Å². The summed E-state index contributed by atoms with van der Waals surface area (Å²) in [5, 5.41) is 6.56. The SMILES string of the molecule is CCOC(=O)C1CCCN1C(=O)c1cn[nH]c1C. The standard InChI is InChI=1S/C12H17N3O3/c1-3-18-12(17)10-5-4-6-15(10)11(16)9-7-13-14-8(9)2/h7,10H,3-6H2,1-2H3,(H,13,14). The topological polar surface area (TPSA) is 75.3 Å². The van der Waals surface area contributed by atoms with E-state index in [1.807, 2.05) is 0 Å². The van der Waals surface area contributed by atoms with E-state index in [2.05, 4.69) is 10.2 Å². The first-order valence-corrected chi connectivity index (χ1v) is 6.12. The molecule has 1 aliphatic heterocycles. The van der Waals surface area contributed by atoms with Crippen molar-refractivity contribution in [1.82, 2.24) is 15.1 Å². The quantitative estimate of drug-likeness (QED) is 0.809. The lowest BCUT2D eigenvalue weighted by atomic mass is 10.2. The normalized spacial score (nSPS) is 19.0. The molecule has 98 valence electrons. The molecule has 1 aliphatic rings. The van der Waals surface area contributed by atoms with E-state index in [1.54, 1.807) is 18.7 Å². The lowest BCUT2D eigenvalue weighted by Gasteiger charge is -2.22. The lowest BCUT2D eigenvalue weighted by molar-refractivity contribution is -0.147. The number of nitrogens with one attached hydrogen (secondary N) is 1. The second-order valence-corrected chi connectivity index (χ2v) is 4.32. The van der Waals surface area contributed by atoms with Crippen molar-refractivity contribution in [2.45, 2.75) is 32.7 Å². The van der Waals surface area contributed by atoms with Gasteiger partial charge in [-0.3, -0.25) is 9.89 Å². The number of nitrogens with zero attached hydrogens (tertiary/aromatic N) is 2. The first kappa shape index (κ1) is 12.6. The molecule has 6 nitrogen and oxygen atoms in total. The van der Waals surface area contributed by atoms with Gasteiger partial charge in [0.15, 0.2) is 0 Å². The molecule has 1 amide bonds. The molecular weight excluding hydrogens is 234 g/mol. The molecule has 0 spiro atoms. The van der Waals surface area contributed by atoms with Gasteiger partial charge < -0.3 is 9.64 Å². The van der Waals surface area contributed by atoms with Crippen LogP contribution in [0.25, 0.3) is 0 Å². The predicted octanol–water partition coefficient (Wildman–Crippen LogP) is 0.886. The molecule has 0 saturated carbocycles. The average Bonchev–Trinajstić information content (AvgIpc) is 2.96. The number of esters is 1. The third-order valence-corrected chi connectivity index (χ3v) is 3.13. The van der Waals surface area contributed by atoms with Crippen LogP contribution in [-0.2, 0) is 9.53 Å². The van der Waals surface area contributed by atoms with Crippen molar-refractivity contribution >= 4 is 11.9 Å². The highest BCUT2D eigenvalue weighted by Crippen LogP contribution is 2.21. The zero-order valence-corrected chi connectivity index (χ0v) is 10.6. The monoisotopic (exact) mass is 251 g/mol. The van der Waals surface area contributed by atoms with Gasteiger partial charge in [0, 0.05) is 12.2 Å². The van der Waals surface area contributed by atoms with Crippen molar-refractivity contribution < 1.29 is 14.3 Å². The molecule has 1 atom stereocenters. The van der Waals surface area contributed by atoms with Gasteiger partial charge in [0.1, 0.15) is 6.04 Å². The summed E-state index contributed by atoms with van der Waals surface area (Å²) in [7, 11) is 0. The molecule has 0 radical (unpaired) electrons. The Balaban J connectivity index is 2.15. The van der Waals surface area contributed by atoms with E-state index in [9.17, 15) is 9.59 Å². The van der Waals surface area contributed by atoms with Crippen LogP contribution in [-0.4, -0.2) is 46.2 Å². The van der Waals surface area contributed by atoms with Gasteiger partial charge in [0.05, 0.1) is 18.4 Å². The van der Waals surface area contributed by atoms with Crippen molar-refractivity contribution in [3.63, 3.8) is 0 Å². The van der Waals surface area contributed by atoms with Gasteiger partial charge in [0.25, 0.3) is 5.91 Å². The van der Waals surface area contributed by atoms with Crippen LogP contribution in [0, 0.1) is 6.92 Å². The minimum atomic E-state index is -0.452. The summed E-state index contributed by atoms with van der Waals surface area (Å²) in [5.74, 6) is -0.471. The van der Waals surface area contributed by atoms with E-state index in [1.165, 1.54) is 6.20 Å². The van der Waals surface area contributed by atoms with Crippen molar-refractivity contribution in [2.75, 3.05) is 13.2 Å². The minimum Gasteiger partial charge on any atom is -0.464 e. The van der Waals surface area contributed by atoms with Crippen molar-refractivity contribution in [2.24, 2.45) is 0 Å². The van der Waals surface area contributed by atoms with Gasteiger partial charge in [0.2, 0.25) is 0 Å². The number of rotatable bonds is 3. The summed E-state index contributed by atoms with van der Waals surface area (Å²) in [4.78, 5) is 25.7. The molecular formula is C12H17N3O3. The highest BCUT2D eigenvalue weighted by molar-refractivity contribution is 5.97. The zero-order valence-electron chi connectivity index (χ0n) is 10.6. The van der Waals surface area contributed by atoms with Crippen LogP contribution in [0.3, 0.4) is 0 Å². The Morgan fingerprint density at radius 1 is 1.61 bits per heavy atom. The number of carbonyl (C=O) groups is 2. The molecule has 1 unspecified atom stereocenters. The molecule has 1 N–H and O–H groups in total. The van der Waals surface area contributed by atoms with Gasteiger partial charge in [-0.05, 0) is 26.7 Å². The molecule has 0 aromatic carbocycles. The molecule has 2 heterocycles. The maximum absolute atomic E-state index is 12.3. The summed E-state index contributed by atoms with van der Waals surface area (Å²) in [6.07, 6.45) is 2.99. The maximum Gasteiger partial charge on any atom is 0.328 e. The van der Waals surface area contributed by atoms with Crippen LogP contribution in [0.2, 0.25) is 0 Å². The van der Waals surface area contributed by atoms with Gasteiger partial charge in [-0.15, -0.1) is 0 Å². The number of ether oxygens (including phenoxy) is 1. The smallest absolute Gasteiger partial charge is 0.328 e. The van der Waals surface area contributed by atoms with Gasteiger partial charge in [-0.2, -0.15) is 5.10 Å². The first-order chi connectivity index (χ1) is 8.65. The van der Waals surface area contributed by atoms with Crippen molar-refractivity contribution in [1.29, 1.82) is 0 Å². The van der Waals surface area contributed by atoms with Crippen LogP contribution in [0.15, 0.2) is 6.20 Å². The Morgan fingerprint density at radius 2 is 2.39 bits per heavy atom. The fourth-order valence-corrected chi connectivity index (χ4v) is 2.21. The molecule has 0 aliphatic carbocycles. The van der Waals surface area contributed by atoms with Crippen LogP contribution in [0.1, 0.15) is 35.8 Å². The number of carbonyl (C=O) groups excluding carboxylic acids is 2. The summed E-state index contributed by atoms with van der Waals surface area (Å²) in [5.41, 5.74) is 1.24. The van der Waals surface area contributed by atoms with Crippen molar-refractivity contribution in [3.8, 4) is 0 Å². The molecule has 0 bridgehead atoms. The Labute approximate surface area is 105 Å². The van der Waals surface area contributed by atoms with Crippen LogP contribution < -0.4 is 0 Å². The number of hydrogen-bond acceptors (Lipinski definition) is 4. The van der Waals surface area contributed by atoms with E-state index >= 15 is 0 Å². The third kappa shape index (κ3) is 2.23. The minimum absolute atomic E-state index is 0.156. The fourth-order valence-electron chi connectivity index (χ4n) is 2.21. The first-order valence-electron chi connectivity index (χ1n) is 6.12. The van der Waals surface area contributed by atoms with Crippen molar-refractivity contribution in [3.05, 3.63) is 17.5 Å². The molecule has 2 rings (SSSR count). The fraction of sp³-hybridized carbons (Fsp3) is 0.583. The Kier molecular flexibility index (Phi) is 3.64. The number of amides is 1. The van der Waals surface area contributed by atoms with Gasteiger partial charge in [-0.1, -0.05) is 0 Å². The zero-order chi connectivity index (χ0) is 13.1. The van der Waals surface area contributed by atoms with Gasteiger partial charge >= 0.3 is 5.97 Å². The largest absolute Gasteiger partial charge is 0.464 e. The Hall–Kier alpha value is -1.85. The summed E-state index contributed by atoms with van der Waals surface area (Å²) < 4.78 is 5.00. The molecule has 1 aromatic rings. The highest BCUT2D eigenvalue weighted by Gasteiger charge is 2.36. The molecule has 6 heteroatoms. The number of aromatic nitrogens is 2. The average molecular weight is 251 g/mol. The number of likely N-dealkylation sites (tertiary alicyclic amines) is 1. The van der Waals surface area contributed by atoms with Crippen LogP contribution >= 0.6 is 0 Å². The molecule has 1 saturated heterocycles. The Morgan fingerprint density at radius 3 is 3.00 bits per heavy atom. The van der Waals surface area contributed by atoms with Crippen LogP contribution in [0.4, 0.5) is 0 Å². The third-order valence-electron chi connectivity index (χ3n) is 3.13. The number of aryl methyl sites for hydroxylation is 1. The van der Waals surface area contributed by atoms with E-state index in [0.717, 1.165) is 12.1 Å². The number of hydrogen-bond donors (Lipinski definition) is 1. The summed E-state index contributed by atoms with van der Waals surface area (Å²) in [6, 6.07) is -0.452. The highest BCUT2D eigenvalue weighted by atomic mass is 16.5. The predicted molar refractivity (Wildman–Crippen MR) is 64.0 cm³/mol. The van der Waals surface area contributed by atoms with E-state index < -0.39 is 6.04 Å². The van der Waals surface area contributed by atoms with E-state index in [-0.39, 0.29) is 11.9 Å². The second-order valence-electron chi connectivity index (χ2n) is 4.32. The summed E-state index contributed by atoms with van der Waals surface area (Å²) in [6.45, 7) is 4.48. The van der Waals surface area contributed by atoms with Gasteiger partial charge in [-0.25, -0.2) is 4.79 Å². The van der Waals surface area contributed by atoms with Crippen LogP contribution in [0.5, 0.6) is 0 Å². The molecule has 18 heavy (non-hydrogen) atoms. The second kappa shape index (κ2) is 5.20. The number of H-pyrrole nitrogens is 1. The summed E-state index contributed by atoms with van der Waals surface area (Å²) >= 11 is 0.